The second-order valence-corrected chi connectivity index (χ2v) is 11.0. The van der Waals surface area contributed by atoms with E-state index in [0.717, 1.165) is 0 Å². The molecule has 0 unspecified atom stereocenters. The Morgan fingerprint density at radius 3 is 2.46 bits per heavy atom. The van der Waals surface area contributed by atoms with E-state index in [0.29, 0.717) is 9.52 Å². The zero-order valence-electron chi connectivity index (χ0n) is 8.24. The van der Waals surface area contributed by atoms with E-state index in [1.807, 2.05) is 0 Å². The molecule has 1 saturated heterocycles. The van der Waals surface area contributed by atoms with Crippen molar-refractivity contribution >= 4 is 24.2 Å². The molecule has 0 aromatic heterocycles. The van der Waals surface area contributed by atoms with Gasteiger partial charge in [-0.15, -0.1) is 0 Å². The number of hydrogen-bond donors (Lipinski definition) is 0. The average molecular weight is 207 g/mol. The normalized spacial score (nSPS) is 22.7. The van der Waals surface area contributed by atoms with Crippen molar-refractivity contribution in [1.29, 1.82) is 0 Å². The van der Waals surface area contributed by atoms with Gasteiger partial charge in [-0.25, -0.2) is 0 Å². The van der Waals surface area contributed by atoms with Crippen LogP contribution in [0.5, 0.6) is 0 Å². The molecule has 0 spiro atoms. The Labute approximate surface area is 84.3 Å². The molecule has 1 aliphatic rings. The van der Waals surface area contributed by atoms with E-state index < -0.39 is 8.96 Å². The molecule has 0 radical (unpaired) electrons. The minimum absolute atomic E-state index is 0.421. The lowest BCUT2D eigenvalue weighted by Crippen LogP contribution is -2.47. The second kappa shape index (κ2) is 4.11. The largest absolute Gasteiger partial charge is 0.401 e. The molecule has 1 heterocycles. The maximum Gasteiger partial charge on any atom is 0.134 e. The van der Waals surface area contributed by atoms with E-state index >= 15 is 0 Å². The summed E-state index contributed by atoms with van der Waals surface area (Å²) in [6.07, 6.45) is 0. The Hall–Kier alpha value is -0.546. The first-order valence-electron chi connectivity index (χ1n) is 5.23. The summed E-state index contributed by atoms with van der Waals surface area (Å²) < 4.78 is 2.69. The van der Waals surface area contributed by atoms with Crippen LogP contribution in [0.1, 0.15) is 6.92 Å². The molecular formula is C10H17NSi2. The second-order valence-electron chi connectivity index (χ2n) is 3.71. The quantitative estimate of drug-likeness (QED) is 0.676. The average Bonchev–Trinajstić information content (AvgIpc) is 2.12. The van der Waals surface area contributed by atoms with Crippen molar-refractivity contribution in [3.63, 3.8) is 0 Å². The first kappa shape index (κ1) is 9.03. The Morgan fingerprint density at radius 2 is 2.00 bits per heavy atom. The van der Waals surface area contributed by atoms with Crippen LogP contribution in [-0.2, 0) is 0 Å². The summed E-state index contributed by atoms with van der Waals surface area (Å²) in [5, 5.41) is 0. The van der Waals surface area contributed by atoms with Gasteiger partial charge in [0, 0.05) is 21.8 Å². The SMILES string of the molecule is CCN(c1ccccc1)[SiH]1C[SiH2]C1. The fourth-order valence-corrected chi connectivity index (χ4v) is 8.67. The summed E-state index contributed by atoms with van der Waals surface area (Å²) in [4.78, 5) is 0. The molecule has 70 valence electrons. The highest BCUT2D eigenvalue weighted by molar-refractivity contribution is 6.88. The van der Waals surface area contributed by atoms with E-state index in [4.69, 9.17) is 0 Å². The smallest absolute Gasteiger partial charge is 0.134 e. The lowest BCUT2D eigenvalue weighted by Gasteiger charge is -2.37. The monoisotopic (exact) mass is 207 g/mol. The van der Waals surface area contributed by atoms with Gasteiger partial charge < -0.3 is 4.57 Å². The molecule has 13 heavy (non-hydrogen) atoms. The molecule has 0 amide bonds. The maximum atomic E-state index is 2.69. The molecule has 0 bridgehead atoms. The van der Waals surface area contributed by atoms with Crippen LogP contribution >= 0.6 is 0 Å². The van der Waals surface area contributed by atoms with Gasteiger partial charge in [-0.05, 0) is 19.1 Å². The Morgan fingerprint density at radius 1 is 1.31 bits per heavy atom. The lowest BCUT2D eigenvalue weighted by molar-refractivity contribution is 1.06. The molecule has 2 rings (SSSR count). The van der Waals surface area contributed by atoms with Crippen LogP contribution in [-0.4, -0.2) is 25.0 Å². The molecule has 3 heteroatoms. The minimum atomic E-state index is -0.447. The number of nitrogens with zero attached hydrogens (tertiary/aromatic N) is 1. The first-order chi connectivity index (χ1) is 6.42. The third-order valence-corrected chi connectivity index (χ3v) is 13.1. The van der Waals surface area contributed by atoms with E-state index in [2.05, 4.69) is 41.8 Å². The van der Waals surface area contributed by atoms with Crippen LogP contribution in [0.2, 0.25) is 11.3 Å². The number of hydrogen-bond acceptors (Lipinski definition) is 1. The van der Waals surface area contributed by atoms with Gasteiger partial charge in [-0.1, -0.05) is 29.5 Å². The van der Waals surface area contributed by atoms with Crippen LogP contribution in [0.4, 0.5) is 5.69 Å². The highest BCUT2D eigenvalue weighted by atomic mass is 28.4. The van der Waals surface area contributed by atoms with Crippen molar-refractivity contribution in [2.45, 2.75) is 18.3 Å². The third kappa shape index (κ3) is 1.86. The topological polar surface area (TPSA) is 3.24 Å². The van der Waals surface area contributed by atoms with Crippen LogP contribution < -0.4 is 4.57 Å². The first-order valence-corrected chi connectivity index (χ1v) is 9.38. The molecule has 1 aromatic carbocycles. The zero-order valence-corrected chi connectivity index (χ0v) is 10.8. The van der Waals surface area contributed by atoms with Crippen LogP contribution in [0.3, 0.4) is 0 Å². The molecule has 1 aromatic rings. The summed E-state index contributed by atoms with van der Waals surface area (Å²) in [5.41, 5.74) is 4.78. The van der Waals surface area contributed by atoms with Gasteiger partial charge in [0.25, 0.3) is 0 Å². The van der Waals surface area contributed by atoms with E-state index in [1.165, 1.54) is 12.2 Å². The molecular weight excluding hydrogens is 190 g/mol. The predicted octanol–water partition coefficient (Wildman–Crippen LogP) is 1.33. The van der Waals surface area contributed by atoms with Crippen molar-refractivity contribution in [3.8, 4) is 0 Å². The van der Waals surface area contributed by atoms with Gasteiger partial charge in [-0.3, -0.25) is 0 Å². The zero-order chi connectivity index (χ0) is 9.10. The highest BCUT2D eigenvalue weighted by Gasteiger charge is 2.26. The highest BCUT2D eigenvalue weighted by Crippen LogP contribution is 2.22. The van der Waals surface area contributed by atoms with E-state index in [9.17, 15) is 0 Å². The number of benzene rings is 1. The van der Waals surface area contributed by atoms with Gasteiger partial charge in [0.15, 0.2) is 0 Å². The summed E-state index contributed by atoms with van der Waals surface area (Å²) in [6.45, 7) is 3.51. The maximum absolute atomic E-state index is 2.69. The summed E-state index contributed by atoms with van der Waals surface area (Å²) in [7, 11) is -0.0268. The van der Waals surface area contributed by atoms with E-state index in [-0.39, 0.29) is 0 Å². The standard InChI is InChI=1S/C10H17NSi2/c1-2-11(13-8-12-9-13)10-6-4-3-5-7-10/h3-7,13H,2,8-9,12H2,1H3. The van der Waals surface area contributed by atoms with Crippen molar-refractivity contribution in [2.24, 2.45) is 0 Å². The van der Waals surface area contributed by atoms with Crippen molar-refractivity contribution in [2.75, 3.05) is 11.1 Å². The summed E-state index contributed by atoms with van der Waals surface area (Å²) in [6, 6.07) is 10.9. The van der Waals surface area contributed by atoms with Crippen molar-refractivity contribution in [3.05, 3.63) is 30.3 Å². The van der Waals surface area contributed by atoms with Gasteiger partial charge in [0.05, 0.1) is 0 Å². The number of para-hydroxylation sites is 1. The number of anilines is 1. The Kier molecular flexibility index (Phi) is 2.85. The molecule has 0 saturated carbocycles. The van der Waals surface area contributed by atoms with Crippen molar-refractivity contribution in [1.82, 2.24) is 0 Å². The Balaban J connectivity index is 2.12. The summed E-state index contributed by atoms with van der Waals surface area (Å²) in [5.74, 6) is 0. The fraction of sp³-hybridized carbons (Fsp3) is 0.400. The molecule has 0 N–H and O–H groups in total. The van der Waals surface area contributed by atoms with Crippen LogP contribution in [0.25, 0.3) is 0 Å². The molecule has 0 atom stereocenters. The van der Waals surface area contributed by atoms with Gasteiger partial charge in [0.2, 0.25) is 0 Å². The molecule has 1 fully saturated rings. The predicted molar refractivity (Wildman–Crippen MR) is 64.8 cm³/mol. The van der Waals surface area contributed by atoms with Crippen LogP contribution in [0.15, 0.2) is 30.3 Å². The molecule has 1 aliphatic heterocycles. The lowest BCUT2D eigenvalue weighted by atomic mass is 10.3. The Bertz CT molecular complexity index is 259. The summed E-state index contributed by atoms with van der Waals surface area (Å²) >= 11 is 0. The number of rotatable bonds is 3. The van der Waals surface area contributed by atoms with Gasteiger partial charge in [-0.2, -0.15) is 0 Å². The van der Waals surface area contributed by atoms with Crippen molar-refractivity contribution < 1.29 is 0 Å². The molecule has 0 aliphatic carbocycles. The third-order valence-electron chi connectivity index (χ3n) is 2.94. The fourth-order valence-electron chi connectivity index (χ4n) is 1.97. The van der Waals surface area contributed by atoms with Gasteiger partial charge >= 0.3 is 0 Å². The minimum Gasteiger partial charge on any atom is -0.401 e. The van der Waals surface area contributed by atoms with Crippen LogP contribution in [0, 0.1) is 0 Å². The van der Waals surface area contributed by atoms with Gasteiger partial charge in [0.1, 0.15) is 8.96 Å². The molecule has 1 nitrogen and oxygen atoms in total. The van der Waals surface area contributed by atoms with E-state index in [1.54, 1.807) is 11.3 Å².